The fraction of sp³-hybridized carbons (Fsp3) is 0.167. The molecule has 0 N–H and O–H groups in total. The van der Waals surface area contributed by atoms with E-state index in [2.05, 4.69) is 10.1 Å². The van der Waals surface area contributed by atoms with Gasteiger partial charge < -0.3 is 13.9 Å². The highest BCUT2D eigenvalue weighted by atomic mass is 16.6. The first kappa shape index (κ1) is 21.0. The van der Waals surface area contributed by atoms with Crippen LogP contribution in [0.3, 0.4) is 0 Å². The van der Waals surface area contributed by atoms with Crippen molar-refractivity contribution in [2.45, 2.75) is 20.3 Å². The molecule has 0 atom stereocenters. The third-order valence-electron chi connectivity index (χ3n) is 4.65. The Balaban J connectivity index is 1.66. The van der Waals surface area contributed by atoms with Crippen molar-refractivity contribution in [3.05, 3.63) is 88.4 Å². The van der Waals surface area contributed by atoms with Crippen molar-refractivity contribution in [1.82, 2.24) is 9.66 Å². The van der Waals surface area contributed by atoms with Gasteiger partial charge in [-0.1, -0.05) is 19.1 Å². The number of carbonyl (C=O) groups is 1. The molecule has 2 heterocycles. The molecule has 0 fully saturated rings. The van der Waals surface area contributed by atoms with Gasteiger partial charge in [0.2, 0.25) is 5.76 Å². The summed E-state index contributed by atoms with van der Waals surface area (Å²) in [5.41, 5.74) is 1.06. The second kappa shape index (κ2) is 9.30. The molecule has 0 aliphatic rings. The summed E-state index contributed by atoms with van der Waals surface area (Å²) >= 11 is 0. The largest absolute Gasteiger partial charge is 0.490 e. The molecule has 2 aromatic heterocycles. The van der Waals surface area contributed by atoms with Crippen molar-refractivity contribution in [3.8, 4) is 11.5 Å². The van der Waals surface area contributed by atoms with Crippen molar-refractivity contribution >= 4 is 23.1 Å². The summed E-state index contributed by atoms with van der Waals surface area (Å²) in [6.07, 6.45) is 3.48. The highest BCUT2D eigenvalue weighted by molar-refractivity contribution is 5.89. The quantitative estimate of drug-likeness (QED) is 0.249. The van der Waals surface area contributed by atoms with Gasteiger partial charge in [0.05, 0.1) is 30.0 Å². The predicted octanol–water partition coefficient (Wildman–Crippen LogP) is 4.05. The number of carbonyl (C=O) groups excluding carboxylic acids is 1. The molecule has 32 heavy (non-hydrogen) atoms. The van der Waals surface area contributed by atoms with Gasteiger partial charge in [0.25, 0.3) is 5.56 Å². The summed E-state index contributed by atoms with van der Waals surface area (Å²) in [5.74, 6) is 0.645. The van der Waals surface area contributed by atoms with Gasteiger partial charge in [-0.25, -0.2) is 9.78 Å². The van der Waals surface area contributed by atoms with Crippen molar-refractivity contribution in [2.24, 2.45) is 5.10 Å². The summed E-state index contributed by atoms with van der Waals surface area (Å²) in [4.78, 5) is 29.6. The van der Waals surface area contributed by atoms with E-state index >= 15 is 0 Å². The first-order valence-electron chi connectivity index (χ1n) is 10.2. The Labute approximate surface area is 183 Å². The van der Waals surface area contributed by atoms with Crippen LogP contribution in [0, 0.1) is 0 Å². The number of fused-ring (bicyclic) bond motifs is 1. The van der Waals surface area contributed by atoms with E-state index in [-0.39, 0.29) is 17.1 Å². The van der Waals surface area contributed by atoms with Gasteiger partial charge in [0.15, 0.2) is 11.5 Å². The summed E-state index contributed by atoms with van der Waals surface area (Å²) in [6, 6.07) is 15.3. The van der Waals surface area contributed by atoms with Gasteiger partial charge in [-0.15, -0.1) is 0 Å². The Hall–Kier alpha value is -4.20. The van der Waals surface area contributed by atoms with E-state index in [9.17, 15) is 9.59 Å². The van der Waals surface area contributed by atoms with Gasteiger partial charge in [0, 0.05) is 6.42 Å². The van der Waals surface area contributed by atoms with Crippen LogP contribution in [0.15, 0.2) is 75.2 Å². The maximum absolute atomic E-state index is 12.9. The molecule has 0 bridgehead atoms. The molecule has 0 saturated carbocycles. The second-order valence-electron chi connectivity index (χ2n) is 6.77. The number of nitrogens with zero attached hydrogens (tertiary/aromatic N) is 3. The van der Waals surface area contributed by atoms with Crippen LogP contribution in [0.4, 0.5) is 0 Å². The molecule has 0 aliphatic carbocycles. The zero-order valence-corrected chi connectivity index (χ0v) is 17.6. The number of furan rings is 1. The van der Waals surface area contributed by atoms with E-state index in [0.717, 1.165) is 0 Å². The minimum atomic E-state index is -0.626. The Morgan fingerprint density at radius 3 is 2.72 bits per heavy atom. The molecule has 2 aromatic carbocycles. The van der Waals surface area contributed by atoms with Gasteiger partial charge in [0.1, 0.15) is 5.82 Å². The van der Waals surface area contributed by atoms with Crippen LogP contribution in [0.25, 0.3) is 10.9 Å². The fourth-order valence-corrected chi connectivity index (χ4v) is 3.14. The standard InChI is InChI=1S/C24H21N3O5/c1-3-22-26-18-9-6-5-8-17(18)23(28)27(22)25-15-16-11-12-19(21(14-16)30-4-2)32-24(29)20-10-7-13-31-20/h5-15H,3-4H2,1-2H3. The lowest BCUT2D eigenvalue weighted by Gasteiger charge is -2.11. The van der Waals surface area contributed by atoms with Crippen molar-refractivity contribution < 1.29 is 18.7 Å². The Kier molecular flexibility index (Phi) is 6.12. The summed E-state index contributed by atoms with van der Waals surface area (Å²) < 4.78 is 17.4. The monoisotopic (exact) mass is 431 g/mol. The predicted molar refractivity (Wildman–Crippen MR) is 120 cm³/mol. The highest BCUT2D eigenvalue weighted by Gasteiger charge is 2.15. The number of hydrogen-bond acceptors (Lipinski definition) is 7. The molecule has 0 radical (unpaired) electrons. The summed E-state index contributed by atoms with van der Waals surface area (Å²) in [6.45, 7) is 4.12. The number of esters is 1. The molecule has 162 valence electrons. The molecule has 0 amide bonds. The number of aryl methyl sites for hydroxylation is 1. The van der Waals surface area contributed by atoms with Gasteiger partial charge in [-0.3, -0.25) is 4.79 Å². The first-order chi connectivity index (χ1) is 15.6. The molecule has 0 saturated heterocycles. The minimum absolute atomic E-state index is 0.0911. The van der Waals surface area contributed by atoms with Crippen LogP contribution in [-0.4, -0.2) is 28.5 Å². The number of ether oxygens (including phenoxy) is 2. The molecule has 0 aliphatic heterocycles. The molecular formula is C24H21N3O5. The smallest absolute Gasteiger partial charge is 0.379 e. The lowest BCUT2D eigenvalue weighted by atomic mass is 10.2. The van der Waals surface area contributed by atoms with Gasteiger partial charge in [-0.05, 0) is 55.0 Å². The topological polar surface area (TPSA) is 95.9 Å². The van der Waals surface area contributed by atoms with Crippen LogP contribution in [0.2, 0.25) is 0 Å². The van der Waals surface area contributed by atoms with Crippen LogP contribution >= 0.6 is 0 Å². The summed E-state index contributed by atoms with van der Waals surface area (Å²) in [7, 11) is 0. The molecule has 4 aromatic rings. The average molecular weight is 431 g/mol. The van der Waals surface area contributed by atoms with E-state index < -0.39 is 5.97 Å². The first-order valence-corrected chi connectivity index (χ1v) is 10.2. The molecule has 0 spiro atoms. The number of rotatable bonds is 7. The Morgan fingerprint density at radius 1 is 1.12 bits per heavy atom. The Morgan fingerprint density at radius 2 is 1.97 bits per heavy atom. The van der Waals surface area contributed by atoms with Crippen LogP contribution in [0.5, 0.6) is 11.5 Å². The highest BCUT2D eigenvalue weighted by Crippen LogP contribution is 2.29. The molecular weight excluding hydrogens is 410 g/mol. The van der Waals surface area contributed by atoms with Crippen molar-refractivity contribution in [1.29, 1.82) is 0 Å². The lowest BCUT2D eigenvalue weighted by Crippen LogP contribution is -2.22. The van der Waals surface area contributed by atoms with E-state index in [0.29, 0.717) is 41.1 Å². The SMILES string of the molecule is CCOc1cc(C=Nn2c(CC)nc3ccccc3c2=O)ccc1OC(=O)c1ccco1. The number of hydrogen-bond donors (Lipinski definition) is 0. The van der Waals surface area contributed by atoms with E-state index in [1.54, 1.807) is 42.5 Å². The normalized spacial score (nSPS) is 11.2. The third-order valence-corrected chi connectivity index (χ3v) is 4.65. The fourth-order valence-electron chi connectivity index (χ4n) is 3.14. The number of para-hydroxylation sites is 1. The number of aromatic nitrogens is 2. The average Bonchev–Trinajstić information content (AvgIpc) is 3.35. The van der Waals surface area contributed by atoms with Crippen molar-refractivity contribution in [3.63, 3.8) is 0 Å². The Bertz CT molecular complexity index is 1340. The van der Waals surface area contributed by atoms with Crippen molar-refractivity contribution in [2.75, 3.05) is 6.61 Å². The zero-order chi connectivity index (χ0) is 22.5. The van der Waals surface area contributed by atoms with E-state index in [1.807, 2.05) is 19.9 Å². The molecule has 8 heteroatoms. The maximum Gasteiger partial charge on any atom is 0.379 e. The number of benzene rings is 2. The minimum Gasteiger partial charge on any atom is -0.490 e. The third kappa shape index (κ3) is 4.29. The van der Waals surface area contributed by atoms with Gasteiger partial charge in [-0.2, -0.15) is 9.78 Å². The second-order valence-corrected chi connectivity index (χ2v) is 6.77. The van der Waals surface area contributed by atoms with Crippen LogP contribution in [0.1, 0.15) is 35.8 Å². The van der Waals surface area contributed by atoms with Crippen LogP contribution < -0.4 is 15.0 Å². The molecule has 0 unspecified atom stereocenters. The van der Waals surface area contributed by atoms with E-state index in [1.165, 1.54) is 23.2 Å². The lowest BCUT2D eigenvalue weighted by molar-refractivity contribution is 0.0695. The maximum atomic E-state index is 12.9. The van der Waals surface area contributed by atoms with E-state index in [4.69, 9.17) is 13.9 Å². The molecule has 8 nitrogen and oxygen atoms in total. The van der Waals surface area contributed by atoms with Crippen LogP contribution in [-0.2, 0) is 6.42 Å². The van der Waals surface area contributed by atoms with Gasteiger partial charge >= 0.3 is 5.97 Å². The molecule has 4 rings (SSSR count). The zero-order valence-electron chi connectivity index (χ0n) is 17.6. The summed E-state index contributed by atoms with van der Waals surface area (Å²) in [5, 5.41) is 4.87.